The number of ether oxygens (including phenoxy) is 2. The Bertz CT molecular complexity index is 1570. The summed E-state index contributed by atoms with van der Waals surface area (Å²) in [4.78, 5) is 21.1. The van der Waals surface area contributed by atoms with E-state index in [0.29, 0.717) is 47.0 Å². The van der Waals surface area contributed by atoms with Crippen molar-refractivity contribution in [2.45, 2.75) is 37.8 Å². The minimum absolute atomic E-state index is 0.186. The number of aliphatic hydroxyl groups is 2. The van der Waals surface area contributed by atoms with Crippen molar-refractivity contribution in [3.63, 3.8) is 0 Å². The van der Waals surface area contributed by atoms with E-state index in [2.05, 4.69) is 9.88 Å². The van der Waals surface area contributed by atoms with Gasteiger partial charge in [0, 0.05) is 46.3 Å². The molecule has 8 nitrogen and oxygen atoms in total. The van der Waals surface area contributed by atoms with Gasteiger partial charge in [-0.1, -0.05) is 35.3 Å². The van der Waals surface area contributed by atoms with Gasteiger partial charge in [-0.25, -0.2) is 4.79 Å². The second-order valence-corrected chi connectivity index (χ2v) is 12.5. The van der Waals surface area contributed by atoms with Crippen LogP contribution in [0.25, 0.3) is 10.9 Å². The lowest BCUT2D eigenvalue weighted by Gasteiger charge is -2.35. The fourth-order valence-corrected chi connectivity index (χ4v) is 6.69. The first kappa shape index (κ1) is 30.7. The lowest BCUT2D eigenvalue weighted by molar-refractivity contribution is 0.0528. The zero-order valence-corrected chi connectivity index (χ0v) is 25.9. The lowest BCUT2D eigenvalue weighted by atomic mass is 9.92. The molecule has 4 aromatic rings. The van der Waals surface area contributed by atoms with Crippen molar-refractivity contribution in [1.82, 2.24) is 14.8 Å². The van der Waals surface area contributed by atoms with Gasteiger partial charge in [0.1, 0.15) is 30.3 Å². The molecule has 0 radical (unpaired) electrons. The molecule has 2 atom stereocenters. The maximum Gasteiger partial charge on any atom is 0.416 e. The zero-order chi connectivity index (χ0) is 30.6. The number of halogens is 2. The Kier molecular flexibility index (Phi) is 9.64. The Balaban J connectivity index is 1.17. The lowest BCUT2D eigenvalue weighted by Crippen LogP contribution is -2.42. The quantitative estimate of drug-likeness (QED) is 0.195. The number of β-amino-alcohol motifs (C(OH)–C–C–N with tert-alkyl or cyclic N) is 1. The van der Waals surface area contributed by atoms with Gasteiger partial charge in [-0.15, -0.1) is 0 Å². The fraction of sp³-hybridized carbons (Fsp3) is 0.382. The monoisotopic (exact) mass is 637 g/mol. The van der Waals surface area contributed by atoms with Crippen molar-refractivity contribution < 1.29 is 24.5 Å². The third-order valence-electron chi connectivity index (χ3n) is 8.69. The van der Waals surface area contributed by atoms with Crippen LogP contribution in [-0.2, 0) is 6.42 Å². The number of H-pyrrole nitrogens is 1. The average molecular weight is 639 g/mol. The van der Waals surface area contributed by atoms with Crippen molar-refractivity contribution in [3.8, 4) is 11.5 Å². The smallest absolute Gasteiger partial charge is 0.416 e. The number of fused-ring (bicyclic) bond motifs is 3. The van der Waals surface area contributed by atoms with E-state index in [1.54, 1.807) is 29.2 Å². The summed E-state index contributed by atoms with van der Waals surface area (Å²) >= 11 is 12.4. The van der Waals surface area contributed by atoms with E-state index < -0.39 is 18.2 Å². The number of likely N-dealkylation sites (tertiary alicyclic amines) is 1. The first-order valence-electron chi connectivity index (χ1n) is 15.2. The molecule has 232 valence electrons. The van der Waals surface area contributed by atoms with Gasteiger partial charge >= 0.3 is 6.09 Å². The number of rotatable bonds is 9. The van der Waals surface area contributed by atoms with E-state index in [9.17, 15) is 15.0 Å². The highest BCUT2D eigenvalue weighted by Gasteiger charge is 2.36. The van der Waals surface area contributed by atoms with Crippen molar-refractivity contribution >= 4 is 40.2 Å². The minimum Gasteiger partial charge on any atom is -0.491 e. The predicted molar refractivity (Wildman–Crippen MR) is 172 cm³/mol. The summed E-state index contributed by atoms with van der Waals surface area (Å²) in [6.45, 7) is 3.30. The minimum atomic E-state index is -0.610. The molecule has 1 fully saturated rings. The van der Waals surface area contributed by atoms with E-state index in [-0.39, 0.29) is 13.2 Å². The highest BCUT2D eigenvalue weighted by molar-refractivity contribution is 6.31. The third kappa shape index (κ3) is 7.00. The van der Waals surface area contributed by atoms with E-state index in [1.807, 2.05) is 42.5 Å². The van der Waals surface area contributed by atoms with Crippen LogP contribution in [-0.4, -0.2) is 76.6 Å². The Morgan fingerprint density at radius 3 is 2.39 bits per heavy atom. The Morgan fingerprint density at radius 1 is 0.955 bits per heavy atom. The summed E-state index contributed by atoms with van der Waals surface area (Å²) in [5, 5.41) is 22.1. The van der Waals surface area contributed by atoms with E-state index >= 15 is 0 Å². The molecule has 10 heteroatoms. The van der Waals surface area contributed by atoms with Gasteiger partial charge < -0.3 is 29.6 Å². The summed E-state index contributed by atoms with van der Waals surface area (Å²) in [7, 11) is 0. The molecule has 3 heterocycles. The topological polar surface area (TPSA) is 98.3 Å². The van der Waals surface area contributed by atoms with Crippen LogP contribution < -0.4 is 9.47 Å². The van der Waals surface area contributed by atoms with Crippen molar-refractivity contribution in [2.75, 3.05) is 39.4 Å². The number of carbonyl (C=O) groups is 1. The first-order valence-corrected chi connectivity index (χ1v) is 15.9. The summed E-state index contributed by atoms with van der Waals surface area (Å²) in [6.07, 6.45) is 2.54. The summed E-state index contributed by atoms with van der Waals surface area (Å²) < 4.78 is 11.7. The molecule has 0 aliphatic carbocycles. The van der Waals surface area contributed by atoms with E-state index in [0.717, 1.165) is 60.1 Å². The van der Waals surface area contributed by atoms with Gasteiger partial charge in [-0.2, -0.15) is 0 Å². The standard InChI is InChI=1S/C34H37Cl2N3O5/c35-24-3-8-28(9-4-24)44-34(42)39-17-13-29-30-19-25(36)5-10-31(30)37-32(29)33(39)23-1-6-27(7-2-23)43-21-26(41)20-38-15-11-22(12-16-38)14-18-40/h1-10,19,22,26,33,37,40-41H,11-18,20-21H2. The maximum atomic E-state index is 13.5. The Morgan fingerprint density at radius 2 is 1.66 bits per heavy atom. The molecule has 1 saturated heterocycles. The molecule has 44 heavy (non-hydrogen) atoms. The predicted octanol–water partition coefficient (Wildman–Crippen LogP) is 6.46. The molecule has 2 aliphatic rings. The van der Waals surface area contributed by atoms with Crippen LogP contribution in [0, 0.1) is 5.92 Å². The van der Waals surface area contributed by atoms with Gasteiger partial charge in [-0.3, -0.25) is 4.90 Å². The number of amides is 1. The van der Waals surface area contributed by atoms with Crippen LogP contribution in [0.4, 0.5) is 4.79 Å². The molecule has 0 bridgehead atoms. The number of carbonyl (C=O) groups excluding carboxylic acids is 1. The molecule has 1 aromatic heterocycles. The molecule has 1 amide bonds. The number of aliphatic hydroxyl groups excluding tert-OH is 2. The number of benzene rings is 3. The van der Waals surface area contributed by atoms with Gasteiger partial charge in [0.25, 0.3) is 0 Å². The molecule has 6 rings (SSSR count). The van der Waals surface area contributed by atoms with E-state index in [4.69, 9.17) is 32.7 Å². The molecule has 2 aliphatic heterocycles. The average Bonchev–Trinajstić information content (AvgIpc) is 3.40. The first-order chi connectivity index (χ1) is 21.4. The van der Waals surface area contributed by atoms with Gasteiger partial charge in [0.05, 0.1) is 0 Å². The Labute approximate surface area is 267 Å². The van der Waals surface area contributed by atoms with Crippen LogP contribution >= 0.6 is 23.2 Å². The highest BCUT2D eigenvalue weighted by Crippen LogP contribution is 2.40. The molecule has 3 aromatic carbocycles. The molecule has 2 unspecified atom stereocenters. The molecular weight excluding hydrogens is 601 g/mol. The van der Waals surface area contributed by atoms with Crippen LogP contribution in [0.15, 0.2) is 66.7 Å². The molecular formula is C34H37Cl2N3O5. The highest BCUT2D eigenvalue weighted by atomic mass is 35.5. The number of nitrogens with zero attached hydrogens (tertiary/aromatic N) is 2. The molecule has 0 saturated carbocycles. The van der Waals surface area contributed by atoms with Crippen LogP contribution in [0.3, 0.4) is 0 Å². The van der Waals surface area contributed by atoms with Crippen LogP contribution in [0.1, 0.15) is 42.1 Å². The summed E-state index contributed by atoms with van der Waals surface area (Å²) in [6, 6.07) is 19.7. The number of aromatic amines is 1. The normalized spacial score (nSPS) is 18.3. The second-order valence-electron chi connectivity index (χ2n) is 11.7. The van der Waals surface area contributed by atoms with Crippen molar-refractivity contribution in [1.29, 1.82) is 0 Å². The number of piperidine rings is 1. The maximum absolute atomic E-state index is 13.5. The summed E-state index contributed by atoms with van der Waals surface area (Å²) in [5.74, 6) is 1.63. The third-order valence-corrected chi connectivity index (χ3v) is 9.18. The van der Waals surface area contributed by atoms with Crippen LogP contribution in [0.2, 0.25) is 10.0 Å². The SMILES string of the molecule is O=C(Oc1ccc(Cl)cc1)N1CCc2c([nH]c3ccc(Cl)cc23)C1c1ccc(OCC(O)CN2CCC(CCO)CC2)cc1. The summed E-state index contributed by atoms with van der Waals surface area (Å²) in [5.41, 5.74) is 3.92. The van der Waals surface area contributed by atoms with Gasteiger partial charge in [0.2, 0.25) is 0 Å². The number of hydrogen-bond acceptors (Lipinski definition) is 6. The van der Waals surface area contributed by atoms with Crippen LogP contribution in [0.5, 0.6) is 11.5 Å². The number of hydrogen-bond donors (Lipinski definition) is 3. The second kappa shape index (κ2) is 13.8. The molecule has 0 spiro atoms. The zero-order valence-electron chi connectivity index (χ0n) is 24.4. The molecule has 3 N–H and O–H groups in total. The van der Waals surface area contributed by atoms with Gasteiger partial charge in [0.15, 0.2) is 0 Å². The fourth-order valence-electron chi connectivity index (χ4n) is 6.40. The Hall–Kier alpha value is -3.27. The number of nitrogens with one attached hydrogen (secondary N) is 1. The van der Waals surface area contributed by atoms with Crippen molar-refractivity contribution in [3.05, 3.63) is 93.6 Å². The van der Waals surface area contributed by atoms with Gasteiger partial charge in [-0.05, 0) is 110 Å². The van der Waals surface area contributed by atoms with Crippen molar-refractivity contribution in [2.24, 2.45) is 5.92 Å². The number of aromatic nitrogens is 1. The van der Waals surface area contributed by atoms with E-state index in [1.165, 1.54) is 0 Å². The largest absolute Gasteiger partial charge is 0.491 e.